The Labute approximate surface area is 115 Å². The molecule has 1 saturated heterocycles. The minimum Gasteiger partial charge on any atom is -0.376 e. The van der Waals surface area contributed by atoms with Crippen LogP contribution >= 0.6 is 0 Å². The average Bonchev–Trinajstić information content (AvgIpc) is 2.88. The molecule has 1 aliphatic heterocycles. The lowest BCUT2D eigenvalue weighted by atomic mass is 9.90. The van der Waals surface area contributed by atoms with E-state index >= 15 is 0 Å². The van der Waals surface area contributed by atoms with Crippen molar-refractivity contribution in [1.29, 1.82) is 0 Å². The van der Waals surface area contributed by atoms with Crippen LogP contribution in [-0.4, -0.2) is 37.1 Å². The third kappa shape index (κ3) is 4.49. The molecule has 2 N–H and O–H groups in total. The van der Waals surface area contributed by atoms with Crippen molar-refractivity contribution >= 4 is 11.8 Å². The van der Waals surface area contributed by atoms with Crippen LogP contribution in [0.1, 0.15) is 47.0 Å². The quantitative estimate of drug-likeness (QED) is 0.713. The van der Waals surface area contributed by atoms with E-state index in [2.05, 4.69) is 10.6 Å². The minimum atomic E-state index is -1.05. The summed E-state index contributed by atoms with van der Waals surface area (Å²) in [5.41, 5.74) is -1.05. The predicted octanol–water partition coefficient (Wildman–Crippen LogP) is 1.22. The molecular weight excluding hydrogens is 244 g/mol. The maximum Gasteiger partial charge on any atom is 0.235 e. The zero-order valence-corrected chi connectivity index (χ0v) is 12.4. The zero-order valence-electron chi connectivity index (χ0n) is 12.4. The van der Waals surface area contributed by atoms with Crippen molar-refractivity contribution < 1.29 is 14.3 Å². The van der Waals surface area contributed by atoms with E-state index in [4.69, 9.17) is 4.74 Å². The maximum absolute atomic E-state index is 12.1. The Morgan fingerprint density at radius 3 is 2.58 bits per heavy atom. The van der Waals surface area contributed by atoms with Gasteiger partial charge in [0.15, 0.2) is 0 Å². The van der Waals surface area contributed by atoms with Gasteiger partial charge in [0, 0.05) is 19.2 Å². The van der Waals surface area contributed by atoms with Gasteiger partial charge in [-0.25, -0.2) is 0 Å². The number of hydrogen-bond acceptors (Lipinski definition) is 3. The first-order valence-corrected chi connectivity index (χ1v) is 7.08. The summed E-state index contributed by atoms with van der Waals surface area (Å²) in [5, 5.41) is 5.66. The van der Waals surface area contributed by atoms with Gasteiger partial charge in [-0.15, -0.1) is 0 Å². The van der Waals surface area contributed by atoms with Gasteiger partial charge < -0.3 is 15.4 Å². The molecule has 19 heavy (non-hydrogen) atoms. The highest BCUT2D eigenvalue weighted by Crippen LogP contribution is 2.17. The van der Waals surface area contributed by atoms with Crippen molar-refractivity contribution in [2.75, 3.05) is 13.2 Å². The smallest absolute Gasteiger partial charge is 0.235 e. The van der Waals surface area contributed by atoms with Crippen LogP contribution in [0.3, 0.4) is 0 Å². The monoisotopic (exact) mass is 270 g/mol. The van der Waals surface area contributed by atoms with E-state index < -0.39 is 5.41 Å². The molecule has 1 rings (SSSR count). The van der Waals surface area contributed by atoms with Crippen LogP contribution in [0.25, 0.3) is 0 Å². The lowest BCUT2D eigenvalue weighted by molar-refractivity contribution is -0.142. The van der Waals surface area contributed by atoms with E-state index in [1.165, 1.54) is 0 Å². The minimum absolute atomic E-state index is 0.0812. The molecule has 5 heteroatoms. The van der Waals surface area contributed by atoms with Crippen LogP contribution in [0.15, 0.2) is 0 Å². The standard InChI is InChI=1S/C14H26N2O3/c1-5-10(2)16-13(18)14(3,4)12(17)15-9-11-7-6-8-19-11/h10-11H,5-9H2,1-4H3,(H,15,17)(H,16,18). The number of nitrogens with one attached hydrogen (secondary N) is 2. The molecule has 0 saturated carbocycles. The number of carbonyl (C=O) groups is 2. The van der Waals surface area contributed by atoms with Crippen molar-refractivity contribution in [1.82, 2.24) is 10.6 Å². The Bertz CT molecular complexity index is 323. The van der Waals surface area contributed by atoms with Gasteiger partial charge in [0.25, 0.3) is 0 Å². The van der Waals surface area contributed by atoms with Crippen molar-refractivity contribution in [3.8, 4) is 0 Å². The predicted molar refractivity (Wildman–Crippen MR) is 73.7 cm³/mol. The first kappa shape index (κ1) is 16.0. The summed E-state index contributed by atoms with van der Waals surface area (Å²) in [6, 6.07) is 0.0812. The SMILES string of the molecule is CCC(C)NC(=O)C(C)(C)C(=O)NCC1CCCO1. The van der Waals surface area contributed by atoms with Crippen LogP contribution in [0.4, 0.5) is 0 Å². The Kier molecular flexibility index (Phi) is 5.79. The van der Waals surface area contributed by atoms with Gasteiger partial charge in [-0.3, -0.25) is 9.59 Å². The zero-order chi connectivity index (χ0) is 14.5. The van der Waals surface area contributed by atoms with Crippen LogP contribution in [0.5, 0.6) is 0 Å². The number of carbonyl (C=O) groups excluding carboxylic acids is 2. The van der Waals surface area contributed by atoms with E-state index in [9.17, 15) is 9.59 Å². The Morgan fingerprint density at radius 2 is 2.05 bits per heavy atom. The molecule has 0 aromatic rings. The summed E-state index contributed by atoms with van der Waals surface area (Å²) >= 11 is 0. The van der Waals surface area contributed by atoms with Crippen molar-refractivity contribution in [3.63, 3.8) is 0 Å². The average molecular weight is 270 g/mol. The van der Waals surface area contributed by atoms with Crippen LogP contribution in [0.2, 0.25) is 0 Å². The maximum atomic E-state index is 12.1. The molecule has 1 heterocycles. The number of amides is 2. The van der Waals surface area contributed by atoms with Gasteiger partial charge in [-0.2, -0.15) is 0 Å². The second-order valence-electron chi connectivity index (χ2n) is 5.75. The van der Waals surface area contributed by atoms with E-state index in [-0.39, 0.29) is 24.0 Å². The van der Waals surface area contributed by atoms with Gasteiger partial charge in [0.05, 0.1) is 6.10 Å². The fourth-order valence-electron chi connectivity index (χ4n) is 1.84. The molecule has 0 aliphatic carbocycles. The molecular formula is C14H26N2O3. The number of rotatable bonds is 6. The summed E-state index contributed by atoms with van der Waals surface area (Å²) in [7, 11) is 0. The van der Waals surface area contributed by atoms with Crippen LogP contribution in [-0.2, 0) is 14.3 Å². The Morgan fingerprint density at radius 1 is 1.37 bits per heavy atom. The second kappa shape index (κ2) is 6.89. The fourth-order valence-corrected chi connectivity index (χ4v) is 1.84. The number of ether oxygens (including phenoxy) is 1. The summed E-state index contributed by atoms with van der Waals surface area (Å²) < 4.78 is 5.44. The Hall–Kier alpha value is -1.10. The number of hydrogen-bond donors (Lipinski definition) is 2. The normalized spacial score (nSPS) is 20.9. The second-order valence-corrected chi connectivity index (χ2v) is 5.75. The van der Waals surface area contributed by atoms with Gasteiger partial charge >= 0.3 is 0 Å². The molecule has 0 aromatic carbocycles. The lowest BCUT2D eigenvalue weighted by Crippen LogP contribution is -2.50. The molecule has 0 radical (unpaired) electrons. The molecule has 0 bridgehead atoms. The molecule has 0 aromatic heterocycles. The van der Waals surface area contributed by atoms with E-state index in [1.807, 2.05) is 13.8 Å². The van der Waals surface area contributed by atoms with E-state index in [1.54, 1.807) is 13.8 Å². The highest BCUT2D eigenvalue weighted by atomic mass is 16.5. The molecule has 5 nitrogen and oxygen atoms in total. The van der Waals surface area contributed by atoms with Crippen LogP contribution < -0.4 is 10.6 Å². The fraction of sp³-hybridized carbons (Fsp3) is 0.857. The highest BCUT2D eigenvalue weighted by Gasteiger charge is 2.36. The topological polar surface area (TPSA) is 67.4 Å². The lowest BCUT2D eigenvalue weighted by Gasteiger charge is -2.25. The summed E-state index contributed by atoms with van der Waals surface area (Å²) in [6.45, 7) is 8.47. The third-order valence-corrected chi connectivity index (χ3v) is 3.64. The summed E-state index contributed by atoms with van der Waals surface area (Å²) in [5.74, 6) is -0.476. The summed E-state index contributed by atoms with van der Waals surface area (Å²) in [4.78, 5) is 24.2. The third-order valence-electron chi connectivity index (χ3n) is 3.64. The molecule has 0 spiro atoms. The first-order chi connectivity index (χ1) is 8.87. The largest absolute Gasteiger partial charge is 0.376 e. The van der Waals surface area contributed by atoms with Gasteiger partial charge in [0.2, 0.25) is 11.8 Å². The molecule has 1 fully saturated rings. The van der Waals surface area contributed by atoms with Gasteiger partial charge in [-0.05, 0) is 40.0 Å². The first-order valence-electron chi connectivity index (χ1n) is 7.08. The van der Waals surface area contributed by atoms with Crippen molar-refractivity contribution in [2.45, 2.75) is 59.1 Å². The molecule has 2 unspecified atom stereocenters. The Balaban J connectivity index is 2.45. The molecule has 1 aliphatic rings. The molecule has 2 amide bonds. The molecule has 110 valence electrons. The van der Waals surface area contributed by atoms with Crippen molar-refractivity contribution in [2.24, 2.45) is 5.41 Å². The molecule has 2 atom stereocenters. The van der Waals surface area contributed by atoms with E-state index in [0.717, 1.165) is 25.9 Å². The van der Waals surface area contributed by atoms with E-state index in [0.29, 0.717) is 6.54 Å². The summed E-state index contributed by atoms with van der Waals surface area (Å²) in [6.07, 6.45) is 2.95. The van der Waals surface area contributed by atoms with Gasteiger partial charge in [0.1, 0.15) is 5.41 Å². The van der Waals surface area contributed by atoms with Crippen molar-refractivity contribution in [3.05, 3.63) is 0 Å². The van der Waals surface area contributed by atoms with Gasteiger partial charge in [-0.1, -0.05) is 6.92 Å². The van der Waals surface area contributed by atoms with Crippen LogP contribution in [0, 0.1) is 5.41 Å². The highest BCUT2D eigenvalue weighted by molar-refractivity contribution is 6.04.